The summed E-state index contributed by atoms with van der Waals surface area (Å²) in [6, 6.07) is 17.0. The van der Waals surface area contributed by atoms with Gasteiger partial charge in [0.2, 0.25) is 0 Å². The van der Waals surface area contributed by atoms with Gasteiger partial charge in [-0.1, -0.05) is 62.4 Å². The molecule has 1 fully saturated rings. The van der Waals surface area contributed by atoms with Crippen LogP contribution in [0.3, 0.4) is 0 Å². The van der Waals surface area contributed by atoms with Gasteiger partial charge in [0.05, 0.1) is 0 Å². The van der Waals surface area contributed by atoms with Crippen molar-refractivity contribution in [2.75, 3.05) is 38.0 Å². The molecule has 144 valence electrons. The third-order valence-corrected chi connectivity index (χ3v) is 5.63. The van der Waals surface area contributed by atoms with Gasteiger partial charge in [-0.2, -0.15) is 0 Å². The molecule has 4 nitrogen and oxygen atoms in total. The van der Waals surface area contributed by atoms with Crippen LogP contribution in [0.5, 0.6) is 0 Å². The molecule has 0 aromatic heterocycles. The molecular formula is C23H33N3O+2. The minimum atomic E-state index is 0.145. The van der Waals surface area contributed by atoms with E-state index in [0.29, 0.717) is 6.54 Å². The van der Waals surface area contributed by atoms with Crippen molar-refractivity contribution < 1.29 is 14.6 Å². The summed E-state index contributed by atoms with van der Waals surface area (Å²) in [5.41, 5.74) is 4.90. The number of carbonyl (C=O) groups is 1. The molecule has 0 atom stereocenters. The second-order valence-electron chi connectivity index (χ2n) is 7.55. The zero-order valence-corrected chi connectivity index (χ0v) is 16.7. The van der Waals surface area contributed by atoms with E-state index in [9.17, 15) is 4.79 Å². The van der Waals surface area contributed by atoms with Crippen molar-refractivity contribution in [2.24, 2.45) is 0 Å². The maximum Gasteiger partial charge on any atom is 0.279 e. The molecule has 0 saturated carbocycles. The lowest BCUT2D eigenvalue weighted by Gasteiger charge is -2.29. The Morgan fingerprint density at radius 3 is 2.04 bits per heavy atom. The molecule has 0 radical (unpaired) electrons. The highest BCUT2D eigenvalue weighted by Gasteiger charge is 2.25. The molecule has 0 unspecified atom stereocenters. The molecule has 2 aromatic rings. The van der Waals surface area contributed by atoms with Gasteiger partial charge in [0, 0.05) is 11.3 Å². The van der Waals surface area contributed by atoms with Crippen molar-refractivity contribution >= 4 is 11.6 Å². The van der Waals surface area contributed by atoms with Crippen LogP contribution in [0.2, 0.25) is 0 Å². The Labute approximate surface area is 163 Å². The van der Waals surface area contributed by atoms with Crippen LogP contribution >= 0.6 is 0 Å². The normalized spacial score (nSPS) is 19.6. The predicted molar refractivity (Wildman–Crippen MR) is 110 cm³/mol. The second kappa shape index (κ2) is 9.67. The number of aryl methyl sites for hydroxylation is 2. The van der Waals surface area contributed by atoms with Gasteiger partial charge in [0.25, 0.3) is 5.91 Å². The van der Waals surface area contributed by atoms with Crippen LogP contribution in [0.4, 0.5) is 5.69 Å². The first-order valence-electron chi connectivity index (χ1n) is 10.3. The van der Waals surface area contributed by atoms with Crippen LogP contribution in [-0.2, 0) is 24.2 Å². The van der Waals surface area contributed by atoms with Crippen LogP contribution in [-0.4, -0.2) is 38.6 Å². The fraction of sp³-hybridized carbons (Fsp3) is 0.435. The molecule has 3 N–H and O–H groups in total. The number of hydrogen-bond donors (Lipinski definition) is 3. The van der Waals surface area contributed by atoms with Gasteiger partial charge in [-0.15, -0.1) is 0 Å². The summed E-state index contributed by atoms with van der Waals surface area (Å²) < 4.78 is 0. The van der Waals surface area contributed by atoms with E-state index < -0.39 is 0 Å². The van der Waals surface area contributed by atoms with Crippen LogP contribution in [0.15, 0.2) is 48.5 Å². The Morgan fingerprint density at radius 1 is 0.852 bits per heavy atom. The molecule has 1 heterocycles. The topological polar surface area (TPSA) is 38.0 Å². The van der Waals surface area contributed by atoms with E-state index in [2.05, 4.69) is 67.7 Å². The highest BCUT2D eigenvalue weighted by Crippen LogP contribution is 2.22. The minimum absolute atomic E-state index is 0.145. The molecule has 2 aromatic carbocycles. The van der Waals surface area contributed by atoms with E-state index in [4.69, 9.17) is 0 Å². The summed E-state index contributed by atoms with van der Waals surface area (Å²) in [6.45, 7) is 10.3. The van der Waals surface area contributed by atoms with Gasteiger partial charge in [0.15, 0.2) is 6.54 Å². The summed E-state index contributed by atoms with van der Waals surface area (Å²) in [5, 5.41) is 3.21. The standard InChI is InChI=1S/C23H31N3O/c1-3-20-11-8-12-21(4-2)23(20)24-22(27)18-26-15-13-25(14-16-26)17-19-9-6-5-7-10-19/h5-12H,3-4,13-18H2,1-2H3,(H,24,27)/p+2. The zero-order chi connectivity index (χ0) is 19.1. The van der Waals surface area contributed by atoms with E-state index in [1.54, 1.807) is 4.90 Å². The lowest BCUT2D eigenvalue weighted by atomic mass is 10.0. The van der Waals surface area contributed by atoms with E-state index >= 15 is 0 Å². The number of carbonyl (C=O) groups excluding carboxylic acids is 1. The number of quaternary nitrogens is 2. The van der Waals surface area contributed by atoms with Crippen molar-refractivity contribution in [3.63, 3.8) is 0 Å². The summed E-state index contributed by atoms with van der Waals surface area (Å²) in [5.74, 6) is 0.145. The van der Waals surface area contributed by atoms with Crippen LogP contribution in [0, 0.1) is 0 Å². The highest BCUT2D eigenvalue weighted by molar-refractivity contribution is 5.93. The quantitative estimate of drug-likeness (QED) is 0.663. The number of nitrogens with one attached hydrogen (secondary N) is 3. The highest BCUT2D eigenvalue weighted by atomic mass is 16.2. The largest absolute Gasteiger partial charge is 0.322 e. The lowest BCUT2D eigenvalue weighted by molar-refractivity contribution is -1.02. The number of hydrogen-bond acceptors (Lipinski definition) is 1. The van der Waals surface area contributed by atoms with Crippen molar-refractivity contribution in [3.8, 4) is 0 Å². The number of amides is 1. The Balaban J connectivity index is 1.50. The second-order valence-corrected chi connectivity index (χ2v) is 7.55. The number of piperazine rings is 1. The maximum atomic E-state index is 12.7. The molecule has 4 heteroatoms. The summed E-state index contributed by atoms with van der Waals surface area (Å²) in [6.07, 6.45) is 1.88. The molecule has 1 aliphatic heterocycles. The Bertz CT molecular complexity index is 714. The minimum Gasteiger partial charge on any atom is -0.322 e. The first kappa shape index (κ1) is 19.6. The number of rotatable bonds is 7. The third kappa shape index (κ3) is 5.41. The van der Waals surface area contributed by atoms with E-state index in [1.807, 2.05) is 0 Å². The van der Waals surface area contributed by atoms with Gasteiger partial charge in [-0.25, -0.2) is 0 Å². The number of benzene rings is 2. The molecule has 3 rings (SSSR count). The van der Waals surface area contributed by atoms with Crippen LogP contribution in [0.1, 0.15) is 30.5 Å². The molecular weight excluding hydrogens is 334 g/mol. The summed E-state index contributed by atoms with van der Waals surface area (Å²) in [7, 11) is 0. The van der Waals surface area contributed by atoms with Gasteiger partial charge in [0.1, 0.15) is 32.7 Å². The van der Waals surface area contributed by atoms with Crippen LogP contribution in [0.25, 0.3) is 0 Å². The fourth-order valence-electron chi connectivity index (χ4n) is 4.01. The summed E-state index contributed by atoms with van der Waals surface area (Å²) >= 11 is 0. The fourth-order valence-corrected chi connectivity index (χ4v) is 4.01. The number of para-hydroxylation sites is 1. The average Bonchev–Trinajstić information content (AvgIpc) is 2.70. The van der Waals surface area contributed by atoms with Crippen molar-refractivity contribution in [1.82, 2.24) is 0 Å². The number of anilines is 1. The molecule has 1 amide bonds. The van der Waals surface area contributed by atoms with Crippen molar-refractivity contribution in [2.45, 2.75) is 33.2 Å². The van der Waals surface area contributed by atoms with Crippen LogP contribution < -0.4 is 15.1 Å². The monoisotopic (exact) mass is 367 g/mol. The average molecular weight is 368 g/mol. The molecule has 1 aliphatic rings. The Kier molecular flexibility index (Phi) is 7.02. The molecule has 0 bridgehead atoms. The first-order chi connectivity index (χ1) is 13.2. The zero-order valence-electron chi connectivity index (χ0n) is 16.7. The first-order valence-corrected chi connectivity index (χ1v) is 10.3. The van der Waals surface area contributed by atoms with E-state index in [-0.39, 0.29) is 5.91 Å². The lowest BCUT2D eigenvalue weighted by Crippen LogP contribution is -3.28. The predicted octanol–water partition coefficient (Wildman–Crippen LogP) is 0.734. The smallest absolute Gasteiger partial charge is 0.279 e. The molecule has 0 spiro atoms. The summed E-state index contributed by atoms with van der Waals surface area (Å²) in [4.78, 5) is 15.7. The SMILES string of the molecule is CCc1cccc(CC)c1NC(=O)C[NH+]1CC[NH+](Cc2ccccc2)CC1. The van der Waals surface area contributed by atoms with E-state index in [1.165, 1.54) is 21.6 Å². The third-order valence-electron chi connectivity index (χ3n) is 5.63. The van der Waals surface area contributed by atoms with Gasteiger partial charge >= 0.3 is 0 Å². The van der Waals surface area contributed by atoms with Crippen molar-refractivity contribution in [3.05, 3.63) is 65.2 Å². The molecule has 1 saturated heterocycles. The maximum absolute atomic E-state index is 12.7. The van der Waals surface area contributed by atoms with Gasteiger partial charge in [-0.3, -0.25) is 4.79 Å². The van der Waals surface area contributed by atoms with Gasteiger partial charge in [-0.05, 0) is 24.0 Å². The Hall–Kier alpha value is -2.17. The van der Waals surface area contributed by atoms with Gasteiger partial charge < -0.3 is 15.1 Å². The van der Waals surface area contributed by atoms with E-state index in [0.717, 1.165) is 51.3 Å². The Morgan fingerprint density at radius 2 is 1.44 bits per heavy atom. The molecule has 0 aliphatic carbocycles. The molecule has 27 heavy (non-hydrogen) atoms. The van der Waals surface area contributed by atoms with Crippen molar-refractivity contribution in [1.29, 1.82) is 0 Å².